The van der Waals surface area contributed by atoms with E-state index in [4.69, 9.17) is 14.2 Å². The SMILES string of the molecule is COc1ccc2cc1-c1cccc(c1)OCC(=O)NCc1cc(F)cc(c1)O[C@@H]1CCN(C(=O)CCn3cncn3)C[C@H]1NC2=O. The molecule has 2 aliphatic heterocycles. The molecule has 3 heterocycles. The Labute approximate surface area is 264 Å². The van der Waals surface area contributed by atoms with Crippen LogP contribution < -0.4 is 24.8 Å². The number of piperidine rings is 1. The van der Waals surface area contributed by atoms with Crippen molar-refractivity contribution in [3.8, 4) is 28.4 Å². The molecule has 0 spiro atoms. The zero-order valence-corrected chi connectivity index (χ0v) is 25.1. The lowest BCUT2D eigenvalue weighted by atomic mass is 9.99. The van der Waals surface area contributed by atoms with Crippen LogP contribution in [-0.2, 0) is 22.7 Å². The zero-order chi connectivity index (χ0) is 32.0. The van der Waals surface area contributed by atoms with Crippen molar-refractivity contribution in [3.63, 3.8) is 0 Å². The fourth-order valence-electron chi connectivity index (χ4n) is 5.60. The van der Waals surface area contributed by atoms with Gasteiger partial charge in [-0.2, -0.15) is 5.10 Å². The second-order valence-corrected chi connectivity index (χ2v) is 11.1. The van der Waals surface area contributed by atoms with E-state index in [1.165, 1.54) is 18.5 Å². The number of aromatic nitrogens is 3. The third-order valence-electron chi connectivity index (χ3n) is 7.92. The number of likely N-dealkylation sites (tertiary alicyclic amines) is 1. The molecule has 0 aliphatic carbocycles. The first-order valence-electron chi connectivity index (χ1n) is 14.9. The van der Waals surface area contributed by atoms with Gasteiger partial charge < -0.3 is 29.7 Å². The van der Waals surface area contributed by atoms with Gasteiger partial charge in [-0.3, -0.25) is 19.1 Å². The Morgan fingerprint density at radius 2 is 1.98 bits per heavy atom. The molecule has 0 saturated carbocycles. The average molecular weight is 629 g/mol. The van der Waals surface area contributed by atoms with Gasteiger partial charge in [-0.15, -0.1) is 0 Å². The van der Waals surface area contributed by atoms with Gasteiger partial charge >= 0.3 is 0 Å². The number of benzene rings is 3. The highest BCUT2D eigenvalue weighted by atomic mass is 19.1. The second-order valence-electron chi connectivity index (χ2n) is 11.1. The molecular weight excluding hydrogens is 595 g/mol. The van der Waals surface area contributed by atoms with Crippen LogP contribution in [0, 0.1) is 5.82 Å². The molecule has 1 saturated heterocycles. The van der Waals surface area contributed by atoms with Crippen molar-refractivity contribution in [1.82, 2.24) is 30.3 Å². The molecule has 46 heavy (non-hydrogen) atoms. The number of ether oxygens (including phenoxy) is 3. The van der Waals surface area contributed by atoms with Crippen molar-refractivity contribution in [3.05, 3.63) is 90.3 Å². The number of fused-ring (bicyclic) bond motifs is 8. The first-order chi connectivity index (χ1) is 22.3. The minimum absolute atomic E-state index is 0.0538. The molecule has 3 amide bonds. The third kappa shape index (κ3) is 7.25. The summed E-state index contributed by atoms with van der Waals surface area (Å²) in [5.74, 6) is -0.158. The summed E-state index contributed by atoms with van der Waals surface area (Å²) in [5, 5.41) is 9.87. The maximum absolute atomic E-state index is 14.7. The molecule has 2 N–H and O–H groups in total. The largest absolute Gasteiger partial charge is 0.496 e. The van der Waals surface area contributed by atoms with Crippen LogP contribution in [0.1, 0.15) is 28.8 Å². The van der Waals surface area contributed by atoms with Crippen molar-refractivity contribution in [1.29, 1.82) is 0 Å². The maximum atomic E-state index is 14.7. The second kappa shape index (κ2) is 13.7. The predicted octanol–water partition coefficient (Wildman–Crippen LogP) is 2.97. The quantitative estimate of drug-likeness (QED) is 0.352. The van der Waals surface area contributed by atoms with Gasteiger partial charge in [0, 0.05) is 49.7 Å². The minimum Gasteiger partial charge on any atom is -0.496 e. The summed E-state index contributed by atoms with van der Waals surface area (Å²) < 4.78 is 33.9. The molecular formula is C33H33FN6O6. The number of nitrogens with one attached hydrogen (secondary N) is 2. The number of hydrogen-bond donors (Lipinski definition) is 2. The summed E-state index contributed by atoms with van der Waals surface area (Å²) in [6.07, 6.45) is 2.98. The first-order valence-corrected chi connectivity index (χ1v) is 14.9. The van der Waals surface area contributed by atoms with Gasteiger partial charge in [0.05, 0.1) is 19.7 Å². The number of rotatable bonds is 4. The van der Waals surface area contributed by atoms with Crippen LogP contribution in [0.5, 0.6) is 17.2 Å². The number of hydrogen-bond acceptors (Lipinski definition) is 8. The molecule has 1 aromatic heterocycles. The highest BCUT2D eigenvalue weighted by Crippen LogP contribution is 2.33. The van der Waals surface area contributed by atoms with Crippen molar-refractivity contribution >= 4 is 17.7 Å². The van der Waals surface area contributed by atoms with E-state index in [0.717, 1.165) is 5.56 Å². The Morgan fingerprint density at radius 3 is 2.80 bits per heavy atom. The van der Waals surface area contributed by atoms with Gasteiger partial charge in [-0.05, 0) is 53.6 Å². The smallest absolute Gasteiger partial charge is 0.258 e. The number of amides is 3. The van der Waals surface area contributed by atoms with Crippen molar-refractivity contribution in [2.45, 2.75) is 38.1 Å². The number of halogens is 1. The molecule has 2 atom stereocenters. The number of methoxy groups -OCH3 is 1. The monoisotopic (exact) mass is 628 g/mol. The van der Waals surface area contributed by atoms with Crippen LogP contribution in [0.3, 0.4) is 0 Å². The van der Waals surface area contributed by atoms with Crippen LogP contribution in [-0.4, -0.2) is 76.3 Å². The highest BCUT2D eigenvalue weighted by molar-refractivity contribution is 5.96. The normalized spacial score (nSPS) is 18.3. The molecule has 0 unspecified atom stereocenters. The number of nitrogens with zero attached hydrogens (tertiary/aromatic N) is 4. The van der Waals surface area contributed by atoms with Gasteiger partial charge in [0.15, 0.2) is 6.61 Å². The van der Waals surface area contributed by atoms with E-state index in [9.17, 15) is 18.8 Å². The fourth-order valence-corrected chi connectivity index (χ4v) is 5.60. The molecule has 6 bridgehead atoms. The van der Waals surface area contributed by atoms with E-state index in [-0.39, 0.29) is 49.6 Å². The lowest BCUT2D eigenvalue weighted by Gasteiger charge is -2.39. The third-order valence-corrected chi connectivity index (χ3v) is 7.92. The fraction of sp³-hybridized carbons (Fsp3) is 0.303. The molecule has 13 heteroatoms. The minimum atomic E-state index is -0.618. The Bertz CT molecular complexity index is 1730. The van der Waals surface area contributed by atoms with Crippen molar-refractivity contribution in [2.75, 3.05) is 26.8 Å². The van der Waals surface area contributed by atoms with Gasteiger partial charge in [0.25, 0.3) is 11.8 Å². The molecule has 1 fully saturated rings. The van der Waals surface area contributed by atoms with Gasteiger partial charge in [0.2, 0.25) is 5.91 Å². The zero-order valence-electron chi connectivity index (χ0n) is 25.1. The average Bonchev–Trinajstić information content (AvgIpc) is 3.59. The van der Waals surface area contributed by atoms with E-state index in [0.29, 0.717) is 47.7 Å². The highest BCUT2D eigenvalue weighted by Gasteiger charge is 2.34. The first kappa shape index (κ1) is 30.6. The van der Waals surface area contributed by atoms with E-state index in [2.05, 4.69) is 20.7 Å². The van der Waals surface area contributed by atoms with Crippen LogP contribution in [0.4, 0.5) is 4.39 Å². The van der Waals surface area contributed by atoms with Gasteiger partial charge in [-0.1, -0.05) is 12.1 Å². The summed E-state index contributed by atoms with van der Waals surface area (Å²) in [6, 6.07) is 15.8. The summed E-state index contributed by atoms with van der Waals surface area (Å²) in [6.45, 7) is 0.745. The molecule has 238 valence electrons. The predicted molar refractivity (Wildman–Crippen MR) is 164 cm³/mol. The van der Waals surface area contributed by atoms with Gasteiger partial charge in [0.1, 0.15) is 41.8 Å². The van der Waals surface area contributed by atoms with E-state index in [1.54, 1.807) is 65.5 Å². The number of carbonyl (C=O) groups is 3. The lowest BCUT2D eigenvalue weighted by molar-refractivity contribution is -0.134. The molecule has 3 aromatic carbocycles. The van der Waals surface area contributed by atoms with Crippen LogP contribution in [0.2, 0.25) is 0 Å². The van der Waals surface area contributed by atoms with Crippen LogP contribution in [0.25, 0.3) is 11.1 Å². The van der Waals surface area contributed by atoms with Crippen LogP contribution in [0.15, 0.2) is 73.3 Å². The summed E-state index contributed by atoms with van der Waals surface area (Å²) in [7, 11) is 1.54. The molecule has 6 rings (SSSR count). The molecule has 0 radical (unpaired) electrons. The van der Waals surface area contributed by atoms with Crippen LogP contribution >= 0.6 is 0 Å². The standard InChI is InChI=1S/C33H33FN6O6/c1-44-29-6-5-23-14-27(29)22-3-2-4-25(13-22)45-18-31(41)36-16-21-11-24(34)15-26(12-21)46-30-7-9-39(17-28(30)38-33(23)43)32(42)8-10-40-20-35-19-37-40/h2-6,11-15,19-20,28,30H,7-10,16-18H2,1H3,(H,36,41)(H,38,43)/t28-,30-/m1/s1. The Hall–Kier alpha value is -5.46. The van der Waals surface area contributed by atoms with Crippen molar-refractivity contribution < 1.29 is 33.0 Å². The lowest BCUT2D eigenvalue weighted by Crippen LogP contribution is -2.58. The van der Waals surface area contributed by atoms with E-state index < -0.39 is 18.0 Å². The Balaban J connectivity index is 1.32. The summed E-state index contributed by atoms with van der Waals surface area (Å²) in [4.78, 5) is 45.1. The Morgan fingerprint density at radius 1 is 1.09 bits per heavy atom. The molecule has 4 aromatic rings. The topological polar surface area (TPSA) is 137 Å². The number of aryl methyl sites for hydroxylation is 1. The number of carbonyl (C=O) groups excluding carboxylic acids is 3. The molecule has 2 aliphatic rings. The maximum Gasteiger partial charge on any atom is 0.258 e. The van der Waals surface area contributed by atoms with Crippen molar-refractivity contribution in [2.24, 2.45) is 0 Å². The molecule has 12 nitrogen and oxygen atoms in total. The van der Waals surface area contributed by atoms with E-state index >= 15 is 0 Å². The Kier molecular flexibility index (Phi) is 9.08. The van der Waals surface area contributed by atoms with Gasteiger partial charge in [-0.25, -0.2) is 9.37 Å². The van der Waals surface area contributed by atoms with E-state index in [1.807, 2.05) is 6.07 Å². The summed E-state index contributed by atoms with van der Waals surface area (Å²) >= 11 is 0. The summed E-state index contributed by atoms with van der Waals surface area (Å²) in [5.41, 5.74) is 2.22.